The third-order valence-corrected chi connectivity index (χ3v) is 3.27. The van der Waals surface area contributed by atoms with Gasteiger partial charge in [-0.15, -0.1) is 0 Å². The Morgan fingerprint density at radius 3 is 2.48 bits per heavy atom. The first-order valence-electron chi connectivity index (χ1n) is 7.24. The number of hydrogen-bond acceptors (Lipinski definition) is 4. The SMILES string of the molecule is CCCCCCNC(=O)Cn1nc(C(F)(F)F)c([N+](=O)[O-])c1C. The highest BCUT2D eigenvalue weighted by Gasteiger charge is 2.44. The Bertz CT molecular complexity index is 570. The van der Waals surface area contributed by atoms with Crippen molar-refractivity contribution < 1.29 is 22.9 Å². The second-order valence-electron chi connectivity index (χ2n) is 5.11. The molecule has 1 aromatic rings. The van der Waals surface area contributed by atoms with Gasteiger partial charge in [0.15, 0.2) is 0 Å². The average Bonchev–Trinajstić information content (AvgIpc) is 2.76. The summed E-state index contributed by atoms with van der Waals surface area (Å²) in [6.45, 7) is 3.10. The van der Waals surface area contributed by atoms with Crippen molar-refractivity contribution >= 4 is 11.6 Å². The lowest BCUT2D eigenvalue weighted by Gasteiger charge is -2.06. The van der Waals surface area contributed by atoms with E-state index in [-0.39, 0.29) is 5.69 Å². The van der Waals surface area contributed by atoms with Crippen molar-refractivity contribution in [1.29, 1.82) is 0 Å². The molecule has 1 rings (SSSR count). The van der Waals surface area contributed by atoms with Crippen LogP contribution in [0.4, 0.5) is 18.9 Å². The van der Waals surface area contributed by atoms with Gasteiger partial charge in [0.05, 0.1) is 4.92 Å². The zero-order chi connectivity index (χ0) is 17.6. The number of amides is 1. The van der Waals surface area contributed by atoms with Crippen LogP contribution >= 0.6 is 0 Å². The molecular weight excluding hydrogens is 317 g/mol. The number of unbranched alkanes of at least 4 members (excludes halogenated alkanes) is 3. The minimum absolute atomic E-state index is 0.302. The predicted molar refractivity (Wildman–Crippen MR) is 75.8 cm³/mol. The molecule has 130 valence electrons. The molecular formula is C13H19F3N4O3. The summed E-state index contributed by atoms with van der Waals surface area (Å²) < 4.78 is 39.0. The number of nitrogens with one attached hydrogen (secondary N) is 1. The summed E-state index contributed by atoms with van der Waals surface area (Å²) >= 11 is 0. The minimum atomic E-state index is -4.95. The van der Waals surface area contributed by atoms with Crippen molar-refractivity contribution in [3.05, 3.63) is 21.5 Å². The Hall–Kier alpha value is -2.13. The number of nitro groups is 1. The van der Waals surface area contributed by atoms with Crippen molar-refractivity contribution in [3.63, 3.8) is 0 Å². The van der Waals surface area contributed by atoms with E-state index in [0.717, 1.165) is 32.6 Å². The van der Waals surface area contributed by atoms with Crippen LogP contribution < -0.4 is 5.32 Å². The second-order valence-corrected chi connectivity index (χ2v) is 5.11. The van der Waals surface area contributed by atoms with Gasteiger partial charge in [0, 0.05) is 6.54 Å². The lowest BCUT2D eigenvalue weighted by Crippen LogP contribution is -2.29. The quantitative estimate of drug-likeness (QED) is 0.449. The molecule has 1 heterocycles. The molecule has 1 N–H and O–H groups in total. The molecule has 0 aliphatic heterocycles. The summed E-state index contributed by atoms with van der Waals surface area (Å²) in [7, 11) is 0. The predicted octanol–water partition coefficient (Wildman–Crippen LogP) is 2.82. The largest absolute Gasteiger partial charge is 0.442 e. The summed E-state index contributed by atoms with van der Waals surface area (Å²) in [4.78, 5) is 21.4. The Balaban J connectivity index is 2.77. The maximum absolute atomic E-state index is 12.8. The molecule has 7 nitrogen and oxygen atoms in total. The van der Waals surface area contributed by atoms with Crippen molar-refractivity contribution in [2.24, 2.45) is 0 Å². The lowest BCUT2D eigenvalue weighted by atomic mass is 10.2. The van der Waals surface area contributed by atoms with E-state index in [1.165, 1.54) is 0 Å². The molecule has 0 saturated heterocycles. The Kier molecular flexibility index (Phi) is 6.52. The highest BCUT2D eigenvalue weighted by atomic mass is 19.4. The summed E-state index contributed by atoms with van der Waals surface area (Å²) in [5.74, 6) is -0.532. The molecule has 0 aliphatic carbocycles. The van der Waals surface area contributed by atoms with E-state index in [0.29, 0.717) is 11.2 Å². The van der Waals surface area contributed by atoms with E-state index in [4.69, 9.17) is 0 Å². The van der Waals surface area contributed by atoms with Gasteiger partial charge >= 0.3 is 11.9 Å². The number of aromatic nitrogens is 2. The molecule has 10 heteroatoms. The zero-order valence-corrected chi connectivity index (χ0v) is 12.9. The third-order valence-electron chi connectivity index (χ3n) is 3.27. The van der Waals surface area contributed by atoms with Gasteiger partial charge in [0.1, 0.15) is 12.2 Å². The van der Waals surface area contributed by atoms with Gasteiger partial charge in [-0.05, 0) is 13.3 Å². The zero-order valence-electron chi connectivity index (χ0n) is 12.9. The van der Waals surface area contributed by atoms with Crippen molar-refractivity contribution in [3.8, 4) is 0 Å². The van der Waals surface area contributed by atoms with Gasteiger partial charge in [0.25, 0.3) is 0 Å². The van der Waals surface area contributed by atoms with Gasteiger partial charge in [0.2, 0.25) is 11.6 Å². The van der Waals surface area contributed by atoms with Gasteiger partial charge in [-0.25, -0.2) is 0 Å². The third kappa shape index (κ3) is 5.22. The maximum atomic E-state index is 12.8. The first-order valence-corrected chi connectivity index (χ1v) is 7.24. The van der Waals surface area contributed by atoms with Gasteiger partial charge in [-0.3, -0.25) is 19.6 Å². The van der Waals surface area contributed by atoms with Gasteiger partial charge < -0.3 is 5.32 Å². The first kappa shape index (κ1) is 18.9. The number of carbonyl (C=O) groups excluding carboxylic acids is 1. The molecule has 0 fully saturated rings. The molecule has 0 unspecified atom stereocenters. The van der Waals surface area contributed by atoms with Gasteiger partial charge in [-0.2, -0.15) is 18.3 Å². The first-order chi connectivity index (χ1) is 10.7. The smallest absolute Gasteiger partial charge is 0.354 e. The Morgan fingerprint density at radius 1 is 1.35 bits per heavy atom. The number of hydrogen-bond donors (Lipinski definition) is 1. The summed E-state index contributed by atoms with van der Waals surface area (Å²) in [6, 6.07) is 0. The second kappa shape index (κ2) is 7.93. The van der Waals surface area contributed by atoms with Crippen molar-refractivity contribution in [2.75, 3.05) is 6.54 Å². The van der Waals surface area contributed by atoms with E-state index >= 15 is 0 Å². The highest BCUT2D eigenvalue weighted by Crippen LogP contribution is 2.36. The van der Waals surface area contributed by atoms with Crippen LogP contribution in [0.2, 0.25) is 0 Å². The average molecular weight is 336 g/mol. The number of rotatable bonds is 8. The van der Waals surface area contributed by atoms with Crippen LogP contribution in [0, 0.1) is 17.0 Å². The molecule has 1 amide bonds. The molecule has 0 aliphatic rings. The number of alkyl halides is 3. The lowest BCUT2D eigenvalue weighted by molar-refractivity contribution is -0.388. The maximum Gasteiger partial charge on any atom is 0.442 e. The fourth-order valence-corrected chi connectivity index (χ4v) is 2.07. The molecule has 0 aromatic carbocycles. The minimum Gasteiger partial charge on any atom is -0.354 e. The van der Waals surface area contributed by atoms with Crippen molar-refractivity contribution in [1.82, 2.24) is 15.1 Å². The fourth-order valence-electron chi connectivity index (χ4n) is 2.07. The summed E-state index contributed by atoms with van der Waals surface area (Å²) in [5.41, 5.74) is -3.01. The molecule has 0 bridgehead atoms. The van der Waals surface area contributed by atoms with Crippen LogP contribution in [0.15, 0.2) is 0 Å². The number of carbonyl (C=O) groups is 1. The van der Waals surface area contributed by atoms with Crippen LogP contribution in [0.3, 0.4) is 0 Å². The highest BCUT2D eigenvalue weighted by molar-refractivity contribution is 5.75. The Labute approximate surface area is 131 Å². The standard InChI is InChI=1S/C13H19F3N4O3/c1-3-4-5-6-7-17-10(21)8-19-9(2)11(20(22)23)12(18-19)13(14,15)16/h3-8H2,1-2H3,(H,17,21). The molecule has 0 radical (unpaired) electrons. The molecule has 0 saturated carbocycles. The molecule has 1 aromatic heterocycles. The van der Waals surface area contributed by atoms with E-state index < -0.39 is 34.9 Å². The summed E-state index contributed by atoms with van der Waals surface area (Å²) in [6.07, 6.45) is -1.15. The van der Waals surface area contributed by atoms with Crippen LogP contribution in [0.1, 0.15) is 44.0 Å². The number of nitrogens with zero attached hydrogens (tertiary/aromatic N) is 3. The van der Waals surface area contributed by atoms with Crippen LogP contribution in [0.5, 0.6) is 0 Å². The Morgan fingerprint density at radius 2 is 2.00 bits per heavy atom. The topological polar surface area (TPSA) is 90.1 Å². The number of halogens is 3. The fraction of sp³-hybridized carbons (Fsp3) is 0.692. The van der Waals surface area contributed by atoms with Gasteiger partial charge in [-0.1, -0.05) is 26.2 Å². The normalized spacial score (nSPS) is 11.5. The van der Waals surface area contributed by atoms with Crippen LogP contribution in [-0.4, -0.2) is 27.2 Å². The van der Waals surface area contributed by atoms with Crippen LogP contribution in [-0.2, 0) is 17.5 Å². The monoisotopic (exact) mass is 336 g/mol. The van der Waals surface area contributed by atoms with E-state index in [1.807, 2.05) is 6.92 Å². The summed E-state index contributed by atoms with van der Waals surface area (Å²) in [5, 5.41) is 16.6. The molecule has 0 atom stereocenters. The van der Waals surface area contributed by atoms with E-state index in [9.17, 15) is 28.1 Å². The molecule has 0 spiro atoms. The van der Waals surface area contributed by atoms with Crippen molar-refractivity contribution in [2.45, 2.75) is 52.3 Å². The van der Waals surface area contributed by atoms with E-state index in [1.54, 1.807) is 0 Å². The molecule has 23 heavy (non-hydrogen) atoms. The van der Waals surface area contributed by atoms with E-state index in [2.05, 4.69) is 10.4 Å². The van der Waals surface area contributed by atoms with Crippen LogP contribution in [0.25, 0.3) is 0 Å².